The summed E-state index contributed by atoms with van der Waals surface area (Å²) in [7, 11) is 1.93. The maximum absolute atomic E-state index is 12.6. The van der Waals surface area contributed by atoms with E-state index in [2.05, 4.69) is 15.4 Å². The highest BCUT2D eigenvalue weighted by atomic mass is 32.1. The number of nitrogens with one attached hydrogen (secondary N) is 1. The zero-order chi connectivity index (χ0) is 15.9. The Kier molecular flexibility index (Phi) is 4.04. The van der Waals surface area contributed by atoms with Crippen molar-refractivity contribution in [3.05, 3.63) is 32.5 Å². The van der Waals surface area contributed by atoms with Gasteiger partial charge in [0.2, 0.25) is 0 Å². The van der Waals surface area contributed by atoms with Crippen molar-refractivity contribution in [1.29, 1.82) is 0 Å². The monoisotopic (exact) mass is 318 g/mol. The molecule has 0 radical (unpaired) electrons. The fourth-order valence-corrected chi connectivity index (χ4v) is 4.15. The van der Waals surface area contributed by atoms with Gasteiger partial charge in [-0.2, -0.15) is 5.10 Å². The Hall–Kier alpha value is -1.69. The molecule has 0 aromatic carbocycles. The second kappa shape index (κ2) is 5.83. The SMILES string of the molecule is Cc1nc(C(C)NC(=O)c2nn(C)c3c2CCCC3)c(C)s1. The Morgan fingerprint density at radius 3 is 2.73 bits per heavy atom. The molecule has 1 atom stereocenters. The molecule has 2 aromatic rings. The van der Waals surface area contributed by atoms with Crippen LogP contribution in [0.2, 0.25) is 0 Å². The molecule has 0 saturated carbocycles. The van der Waals surface area contributed by atoms with Crippen LogP contribution in [0.4, 0.5) is 0 Å². The largest absolute Gasteiger partial charge is 0.342 e. The summed E-state index contributed by atoms with van der Waals surface area (Å²) in [6.45, 7) is 6.02. The third-order valence-corrected chi connectivity index (χ3v) is 5.18. The minimum Gasteiger partial charge on any atom is -0.342 e. The smallest absolute Gasteiger partial charge is 0.272 e. The van der Waals surface area contributed by atoms with Crippen LogP contribution < -0.4 is 5.32 Å². The third-order valence-electron chi connectivity index (χ3n) is 4.28. The Bertz CT molecular complexity index is 716. The van der Waals surface area contributed by atoms with Crippen LogP contribution in [0.5, 0.6) is 0 Å². The minimum absolute atomic E-state index is 0.0868. The summed E-state index contributed by atoms with van der Waals surface area (Å²) in [6.07, 6.45) is 4.29. The molecule has 1 N–H and O–H groups in total. The fourth-order valence-electron chi connectivity index (χ4n) is 3.23. The van der Waals surface area contributed by atoms with E-state index in [1.54, 1.807) is 11.3 Å². The normalized spacial score (nSPS) is 15.5. The van der Waals surface area contributed by atoms with Crippen LogP contribution >= 0.6 is 11.3 Å². The molecule has 0 saturated heterocycles. The maximum atomic E-state index is 12.6. The molecule has 118 valence electrons. The highest BCUT2D eigenvalue weighted by Crippen LogP contribution is 2.26. The van der Waals surface area contributed by atoms with Gasteiger partial charge in [0.25, 0.3) is 5.91 Å². The summed E-state index contributed by atoms with van der Waals surface area (Å²) >= 11 is 1.67. The van der Waals surface area contributed by atoms with E-state index in [1.165, 1.54) is 12.1 Å². The van der Waals surface area contributed by atoms with Gasteiger partial charge in [-0.15, -0.1) is 11.3 Å². The summed E-state index contributed by atoms with van der Waals surface area (Å²) in [5, 5.41) is 8.54. The number of carbonyl (C=O) groups is 1. The first kappa shape index (κ1) is 15.2. The van der Waals surface area contributed by atoms with Gasteiger partial charge in [-0.25, -0.2) is 4.98 Å². The second-order valence-corrected chi connectivity index (χ2v) is 7.38. The Morgan fingerprint density at radius 2 is 2.05 bits per heavy atom. The summed E-state index contributed by atoms with van der Waals surface area (Å²) < 4.78 is 1.87. The van der Waals surface area contributed by atoms with Crippen LogP contribution in [0.3, 0.4) is 0 Å². The van der Waals surface area contributed by atoms with E-state index >= 15 is 0 Å². The highest BCUT2D eigenvalue weighted by molar-refractivity contribution is 7.11. The first-order valence-corrected chi connectivity index (χ1v) is 8.58. The number of hydrogen-bond acceptors (Lipinski definition) is 4. The number of fused-ring (bicyclic) bond motifs is 1. The van der Waals surface area contributed by atoms with Gasteiger partial charge in [0.15, 0.2) is 5.69 Å². The first-order chi connectivity index (χ1) is 10.5. The topological polar surface area (TPSA) is 59.8 Å². The molecule has 6 heteroatoms. The molecule has 0 fully saturated rings. The van der Waals surface area contributed by atoms with E-state index in [1.807, 2.05) is 32.5 Å². The fraction of sp³-hybridized carbons (Fsp3) is 0.562. The van der Waals surface area contributed by atoms with Crippen molar-refractivity contribution in [3.63, 3.8) is 0 Å². The van der Waals surface area contributed by atoms with E-state index in [4.69, 9.17) is 0 Å². The molecule has 1 unspecified atom stereocenters. The quantitative estimate of drug-likeness (QED) is 0.946. The van der Waals surface area contributed by atoms with Gasteiger partial charge >= 0.3 is 0 Å². The Morgan fingerprint density at radius 1 is 1.32 bits per heavy atom. The van der Waals surface area contributed by atoms with Crippen molar-refractivity contribution in [1.82, 2.24) is 20.1 Å². The number of nitrogens with zero attached hydrogens (tertiary/aromatic N) is 3. The molecule has 2 heterocycles. The zero-order valence-electron chi connectivity index (χ0n) is 13.6. The molecular formula is C16H22N4OS. The zero-order valence-corrected chi connectivity index (χ0v) is 14.4. The standard InChI is InChI=1S/C16H22N4OS/c1-9(14-10(2)22-11(3)18-14)17-16(21)15-12-7-5-6-8-13(12)20(4)19-15/h9H,5-8H2,1-4H3,(H,17,21). The molecule has 0 spiro atoms. The van der Waals surface area contributed by atoms with Gasteiger partial charge in [-0.3, -0.25) is 9.48 Å². The highest BCUT2D eigenvalue weighted by Gasteiger charge is 2.25. The number of amides is 1. The Labute approximate surface area is 134 Å². The van der Waals surface area contributed by atoms with Crippen molar-refractivity contribution in [2.24, 2.45) is 7.05 Å². The van der Waals surface area contributed by atoms with Crippen molar-refractivity contribution >= 4 is 17.2 Å². The Balaban J connectivity index is 1.82. The molecule has 2 aromatic heterocycles. The summed E-state index contributed by atoms with van der Waals surface area (Å²) in [6, 6.07) is -0.0984. The van der Waals surface area contributed by atoms with Crippen LogP contribution in [0.15, 0.2) is 0 Å². The summed E-state index contributed by atoms with van der Waals surface area (Å²) in [5.41, 5.74) is 3.89. The lowest BCUT2D eigenvalue weighted by Crippen LogP contribution is -2.28. The van der Waals surface area contributed by atoms with E-state index in [9.17, 15) is 4.79 Å². The lowest BCUT2D eigenvalue weighted by molar-refractivity contribution is 0.0932. The number of rotatable bonds is 3. The predicted octanol–water partition coefficient (Wildman–Crippen LogP) is 2.86. The average molecular weight is 318 g/mol. The summed E-state index contributed by atoms with van der Waals surface area (Å²) in [4.78, 5) is 18.3. The molecule has 5 nitrogen and oxygen atoms in total. The molecular weight excluding hydrogens is 296 g/mol. The van der Waals surface area contributed by atoms with E-state index in [0.717, 1.165) is 40.4 Å². The molecule has 1 aliphatic carbocycles. The molecule has 3 rings (SSSR count). The second-order valence-electron chi connectivity index (χ2n) is 5.97. The number of aromatic nitrogens is 3. The van der Waals surface area contributed by atoms with Crippen LogP contribution in [-0.4, -0.2) is 20.7 Å². The number of hydrogen-bond donors (Lipinski definition) is 1. The molecule has 1 amide bonds. The van der Waals surface area contributed by atoms with Crippen molar-refractivity contribution in [3.8, 4) is 0 Å². The van der Waals surface area contributed by atoms with Crippen LogP contribution in [0, 0.1) is 13.8 Å². The van der Waals surface area contributed by atoms with E-state index in [-0.39, 0.29) is 11.9 Å². The molecule has 0 aliphatic heterocycles. The lowest BCUT2D eigenvalue weighted by Gasteiger charge is -2.14. The van der Waals surface area contributed by atoms with E-state index in [0.29, 0.717) is 5.69 Å². The van der Waals surface area contributed by atoms with Gasteiger partial charge in [0.1, 0.15) is 0 Å². The van der Waals surface area contributed by atoms with Gasteiger partial charge in [-0.1, -0.05) is 0 Å². The van der Waals surface area contributed by atoms with Crippen LogP contribution in [0.1, 0.15) is 63.1 Å². The molecule has 0 bridgehead atoms. The van der Waals surface area contributed by atoms with Crippen LogP contribution in [0.25, 0.3) is 0 Å². The predicted molar refractivity (Wildman–Crippen MR) is 87.3 cm³/mol. The summed E-state index contributed by atoms with van der Waals surface area (Å²) in [5.74, 6) is -0.0868. The van der Waals surface area contributed by atoms with Crippen molar-refractivity contribution in [2.75, 3.05) is 0 Å². The van der Waals surface area contributed by atoms with E-state index < -0.39 is 0 Å². The lowest BCUT2D eigenvalue weighted by atomic mass is 9.95. The van der Waals surface area contributed by atoms with Gasteiger partial charge in [-0.05, 0) is 46.5 Å². The first-order valence-electron chi connectivity index (χ1n) is 7.77. The number of thiazole rings is 1. The van der Waals surface area contributed by atoms with Gasteiger partial charge < -0.3 is 5.32 Å². The third kappa shape index (κ3) is 2.67. The van der Waals surface area contributed by atoms with Gasteiger partial charge in [0.05, 0.1) is 16.7 Å². The van der Waals surface area contributed by atoms with Crippen LogP contribution in [-0.2, 0) is 19.9 Å². The van der Waals surface area contributed by atoms with Crippen molar-refractivity contribution in [2.45, 2.75) is 52.5 Å². The maximum Gasteiger partial charge on any atom is 0.272 e. The molecule has 1 aliphatic rings. The number of carbonyl (C=O) groups excluding carboxylic acids is 1. The minimum atomic E-state index is -0.0984. The number of aryl methyl sites for hydroxylation is 3. The average Bonchev–Trinajstić information content (AvgIpc) is 2.99. The molecule has 22 heavy (non-hydrogen) atoms. The van der Waals surface area contributed by atoms with Crippen molar-refractivity contribution < 1.29 is 4.79 Å². The van der Waals surface area contributed by atoms with Gasteiger partial charge in [0, 0.05) is 23.2 Å².